The standard InChI is InChI=1S/C16H23N3O2/c1-11(2)19-16(14(21-5)10-18-19)15(17-3)12-6-8-13(20-4)9-7-12/h6-11,15,17H,1-5H3. The maximum Gasteiger partial charge on any atom is 0.161 e. The number of nitrogens with zero attached hydrogens (tertiary/aromatic N) is 2. The van der Waals surface area contributed by atoms with Gasteiger partial charge in [-0.1, -0.05) is 12.1 Å². The van der Waals surface area contributed by atoms with Crippen LogP contribution in [-0.2, 0) is 0 Å². The number of aromatic nitrogens is 2. The Morgan fingerprint density at radius 2 is 1.76 bits per heavy atom. The van der Waals surface area contributed by atoms with Gasteiger partial charge in [0.05, 0.1) is 26.5 Å². The SMILES string of the molecule is CNC(c1ccc(OC)cc1)c1c(OC)cnn1C(C)C. The maximum atomic E-state index is 5.48. The molecule has 1 unspecified atom stereocenters. The smallest absolute Gasteiger partial charge is 0.161 e. The van der Waals surface area contributed by atoms with Crippen molar-refractivity contribution in [1.82, 2.24) is 15.1 Å². The molecule has 0 radical (unpaired) electrons. The summed E-state index contributed by atoms with van der Waals surface area (Å²) < 4.78 is 12.7. The number of benzene rings is 1. The van der Waals surface area contributed by atoms with Gasteiger partial charge in [-0.3, -0.25) is 4.68 Å². The summed E-state index contributed by atoms with van der Waals surface area (Å²) in [5.41, 5.74) is 2.17. The van der Waals surface area contributed by atoms with Crippen LogP contribution in [0.25, 0.3) is 0 Å². The number of hydrogen-bond acceptors (Lipinski definition) is 4. The molecule has 0 aliphatic heterocycles. The molecule has 1 aromatic carbocycles. The predicted octanol–water partition coefficient (Wildman–Crippen LogP) is 2.79. The molecule has 0 aliphatic rings. The Bertz CT molecular complexity index is 576. The van der Waals surface area contributed by atoms with E-state index in [0.29, 0.717) is 0 Å². The number of rotatable bonds is 6. The van der Waals surface area contributed by atoms with E-state index in [0.717, 1.165) is 22.8 Å². The highest BCUT2D eigenvalue weighted by molar-refractivity contribution is 5.38. The minimum absolute atomic E-state index is 0.00996. The molecule has 0 fully saturated rings. The van der Waals surface area contributed by atoms with Crippen LogP contribution in [0.4, 0.5) is 0 Å². The van der Waals surface area contributed by atoms with E-state index < -0.39 is 0 Å². The quantitative estimate of drug-likeness (QED) is 0.888. The molecule has 0 amide bonds. The Kier molecular flexibility index (Phi) is 4.85. The monoisotopic (exact) mass is 289 g/mol. The van der Waals surface area contributed by atoms with E-state index in [1.54, 1.807) is 20.4 Å². The minimum atomic E-state index is 0.00996. The third-order valence-corrected chi connectivity index (χ3v) is 3.52. The van der Waals surface area contributed by atoms with Crippen LogP contribution in [0.15, 0.2) is 30.5 Å². The van der Waals surface area contributed by atoms with E-state index in [-0.39, 0.29) is 12.1 Å². The fourth-order valence-corrected chi connectivity index (χ4v) is 2.46. The second-order valence-electron chi connectivity index (χ2n) is 5.13. The summed E-state index contributed by atoms with van der Waals surface area (Å²) in [6.07, 6.45) is 1.77. The van der Waals surface area contributed by atoms with Crippen molar-refractivity contribution in [2.24, 2.45) is 0 Å². The average molecular weight is 289 g/mol. The summed E-state index contributed by atoms with van der Waals surface area (Å²) >= 11 is 0. The van der Waals surface area contributed by atoms with Crippen LogP contribution in [0, 0.1) is 0 Å². The molecule has 2 rings (SSSR count). The summed E-state index contributed by atoms with van der Waals surface area (Å²) in [5.74, 6) is 1.64. The highest BCUT2D eigenvalue weighted by Crippen LogP contribution is 2.32. The van der Waals surface area contributed by atoms with Crippen LogP contribution in [0.3, 0.4) is 0 Å². The number of ether oxygens (including phenoxy) is 2. The van der Waals surface area contributed by atoms with E-state index in [1.807, 2.05) is 23.9 Å². The van der Waals surface area contributed by atoms with Gasteiger partial charge < -0.3 is 14.8 Å². The first kappa shape index (κ1) is 15.4. The third kappa shape index (κ3) is 3.03. The number of nitrogens with one attached hydrogen (secondary N) is 1. The second kappa shape index (κ2) is 6.63. The molecule has 1 aromatic heterocycles. The lowest BCUT2D eigenvalue weighted by Crippen LogP contribution is -2.23. The largest absolute Gasteiger partial charge is 0.497 e. The van der Waals surface area contributed by atoms with Gasteiger partial charge in [-0.05, 0) is 38.6 Å². The van der Waals surface area contributed by atoms with Gasteiger partial charge in [-0.2, -0.15) is 5.10 Å². The van der Waals surface area contributed by atoms with Gasteiger partial charge in [-0.25, -0.2) is 0 Å². The lowest BCUT2D eigenvalue weighted by Gasteiger charge is -2.21. The highest BCUT2D eigenvalue weighted by atomic mass is 16.5. The van der Waals surface area contributed by atoms with Gasteiger partial charge in [0.25, 0.3) is 0 Å². The molecule has 1 atom stereocenters. The van der Waals surface area contributed by atoms with Crippen LogP contribution in [0.5, 0.6) is 11.5 Å². The van der Waals surface area contributed by atoms with Crippen molar-refractivity contribution in [2.45, 2.75) is 25.9 Å². The molecule has 1 N–H and O–H groups in total. The molecular weight excluding hydrogens is 266 g/mol. The molecule has 5 heteroatoms. The zero-order valence-corrected chi connectivity index (χ0v) is 13.3. The minimum Gasteiger partial charge on any atom is -0.497 e. The third-order valence-electron chi connectivity index (χ3n) is 3.52. The van der Waals surface area contributed by atoms with Gasteiger partial charge in [-0.15, -0.1) is 0 Å². The van der Waals surface area contributed by atoms with Crippen LogP contribution >= 0.6 is 0 Å². The van der Waals surface area contributed by atoms with Gasteiger partial charge in [0.1, 0.15) is 11.4 Å². The van der Waals surface area contributed by atoms with Crippen LogP contribution < -0.4 is 14.8 Å². The molecule has 0 saturated heterocycles. The fourth-order valence-electron chi connectivity index (χ4n) is 2.46. The molecule has 1 heterocycles. The summed E-state index contributed by atoms with van der Waals surface area (Å²) in [6.45, 7) is 4.22. The highest BCUT2D eigenvalue weighted by Gasteiger charge is 2.23. The normalized spacial score (nSPS) is 12.5. The number of methoxy groups -OCH3 is 2. The van der Waals surface area contributed by atoms with Crippen molar-refractivity contribution >= 4 is 0 Å². The molecule has 5 nitrogen and oxygen atoms in total. The van der Waals surface area contributed by atoms with Crippen LogP contribution in [0.1, 0.15) is 37.2 Å². The zero-order valence-electron chi connectivity index (χ0n) is 13.3. The summed E-state index contributed by atoms with van der Waals surface area (Å²) in [5, 5.41) is 7.79. The van der Waals surface area contributed by atoms with Gasteiger partial charge in [0, 0.05) is 6.04 Å². The van der Waals surface area contributed by atoms with Crippen LogP contribution in [-0.4, -0.2) is 31.0 Å². The van der Waals surface area contributed by atoms with E-state index >= 15 is 0 Å². The molecule has 21 heavy (non-hydrogen) atoms. The first-order chi connectivity index (χ1) is 10.1. The van der Waals surface area contributed by atoms with E-state index in [2.05, 4.69) is 36.4 Å². The molecule has 114 valence electrons. The zero-order chi connectivity index (χ0) is 15.4. The molecule has 2 aromatic rings. The fraction of sp³-hybridized carbons (Fsp3) is 0.438. The lowest BCUT2D eigenvalue weighted by molar-refractivity contribution is 0.396. The average Bonchev–Trinajstić information content (AvgIpc) is 2.93. The Balaban J connectivity index is 2.47. The predicted molar refractivity (Wildman–Crippen MR) is 83.1 cm³/mol. The first-order valence-electron chi connectivity index (χ1n) is 7.05. The summed E-state index contributed by atoms with van der Waals surface area (Å²) in [7, 11) is 5.28. The Labute approximate surface area is 125 Å². The van der Waals surface area contributed by atoms with Crippen molar-refractivity contribution in [3.8, 4) is 11.5 Å². The molecular formula is C16H23N3O2. The van der Waals surface area contributed by atoms with Crippen molar-refractivity contribution in [3.05, 3.63) is 41.7 Å². The van der Waals surface area contributed by atoms with E-state index in [1.165, 1.54) is 0 Å². The van der Waals surface area contributed by atoms with Crippen molar-refractivity contribution < 1.29 is 9.47 Å². The molecule has 0 saturated carbocycles. The maximum absolute atomic E-state index is 5.48. The summed E-state index contributed by atoms with van der Waals surface area (Å²) in [4.78, 5) is 0. The second-order valence-corrected chi connectivity index (χ2v) is 5.13. The Morgan fingerprint density at radius 3 is 2.24 bits per heavy atom. The van der Waals surface area contributed by atoms with Gasteiger partial charge >= 0.3 is 0 Å². The Morgan fingerprint density at radius 1 is 1.10 bits per heavy atom. The molecule has 0 aliphatic carbocycles. The van der Waals surface area contributed by atoms with Crippen molar-refractivity contribution in [3.63, 3.8) is 0 Å². The topological polar surface area (TPSA) is 48.3 Å². The van der Waals surface area contributed by atoms with Crippen molar-refractivity contribution in [1.29, 1.82) is 0 Å². The summed E-state index contributed by atoms with van der Waals surface area (Å²) in [6, 6.07) is 8.30. The van der Waals surface area contributed by atoms with Gasteiger partial charge in [0.2, 0.25) is 0 Å². The van der Waals surface area contributed by atoms with Gasteiger partial charge in [0.15, 0.2) is 5.75 Å². The van der Waals surface area contributed by atoms with E-state index in [4.69, 9.17) is 9.47 Å². The molecule has 0 spiro atoms. The first-order valence-corrected chi connectivity index (χ1v) is 7.05. The number of hydrogen-bond donors (Lipinski definition) is 1. The van der Waals surface area contributed by atoms with Crippen molar-refractivity contribution in [2.75, 3.05) is 21.3 Å². The Hall–Kier alpha value is -2.01. The van der Waals surface area contributed by atoms with Crippen LogP contribution in [0.2, 0.25) is 0 Å². The lowest BCUT2D eigenvalue weighted by atomic mass is 10.0. The molecule has 0 bridgehead atoms. The van der Waals surface area contributed by atoms with E-state index in [9.17, 15) is 0 Å².